The van der Waals surface area contributed by atoms with Crippen LogP contribution in [0.25, 0.3) is 0 Å². The number of halogens is 1. The molecule has 4 heteroatoms. The molecule has 0 aliphatic rings. The van der Waals surface area contributed by atoms with Gasteiger partial charge in [-0.25, -0.2) is 0 Å². The van der Waals surface area contributed by atoms with Crippen molar-refractivity contribution in [2.45, 2.75) is 6.54 Å². The summed E-state index contributed by atoms with van der Waals surface area (Å²) in [4.78, 5) is 10.7. The number of rotatable bonds is 3. The number of alkyl halides is 1. The lowest BCUT2D eigenvalue weighted by molar-refractivity contribution is -0.118. The normalized spacial score (nSPS) is 9.55. The van der Waals surface area contributed by atoms with Crippen molar-refractivity contribution in [2.24, 2.45) is 0 Å². The fraction of sp³-hybridized carbons (Fsp3) is 0.286. The van der Waals surface area contributed by atoms with Gasteiger partial charge >= 0.3 is 0 Å². The van der Waals surface area contributed by atoms with Crippen molar-refractivity contribution in [1.29, 1.82) is 0 Å². The van der Waals surface area contributed by atoms with Crippen molar-refractivity contribution in [2.75, 3.05) is 4.43 Å². The van der Waals surface area contributed by atoms with Crippen molar-refractivity contribution in [3.05, 3.63) is 24.2 Å². The van der Waals surface area contributed by atoms with Crippen LogP contribution >= 0.6 is 22.6 Å². The molecule has 0 saturated carbocycles. The van der Waals surface area contributed by atoms with E-state index in [-0.39, 0.29) is 5.91 Å². The van der Waals surface area contributed by atoms with Gasteiger partial charge in [0.05, 0.1) is 17.2 Å². The molecule has 0 aliphatic heterocycles. The molecule has 0 bridgehead atoms. The van der Waals surface area contributed by atoms with E-state index < -0.39 is 0 Å². The molecule has 1 N–H and O–H groups in total. The minimum atomic E-state index is 0.0296. The van der Waals surface area contributed by atoms with Gasteiger partial charge in [-0.1, -0.05) is 22.6 Å². The zero-order valence-corrected chi connectivity index (χ0v) is 8.00. The van der Waals surface area contributed by atoms with Gasteiger partial charge < -0.3 is 9.73 Å². The Hall–Kier alpha value is -0.520. The van der Waals surface area contributed by atoms with Crippen LogP contribution in [0.3, 0.4) is 0 Å². The molecule has 0 aromatic carbocycles. The van der Waals surface area contributed by atoms with Crippen molar-refractivity contribution in [3.63, 3.8) is 0 Å². The summed E-state index contributed by atoms with van der Waals surface area (Å²) in [5.74, 6) is 0.810. The fourth-order valence-corrected chi connectivity index (χ4v) is 0.916. The molecule has 1 heterocycles. The molecular formula is C7H8INO2. The summed E-state index contributed by atoms with van der Waals surface area (Å²) in [7, 11) is 0. The molecular weight excluding hydrogens is 257 g/mol. The van der Waals surface area contributed by atoms with Crippen molar-refractivity contribution in [3.8, 4) is 0 Å². The van der Waals surface area contributed by atoms with E-state index in [0.717, 1.165) is 5.76 Å². The number of hydrogen-bond donors (Lipinski definition) is 1. The molecule has 0 atom stereocenters. The Morgan fingerprint density at radius 1 is 1.73 bits per heavy atom. The third-order valence-electron chi connectivity index (χ3n) is 1.16. The van der Waals surface area contributed by atoms with E-state index in [2.05, 4.69) is 5.32 Å². The van der Waals surface area contributed by atoms with Gasteiger partial charge in [-0.05, 0) is 12.1 Å². The van der Waals surface area contributed by atoms with Crippen LogP contribution in [0, 0.1) is 0 Å². The summed E-state index contributed by atoms with van der Waals surface area (Å²) in [6, 6.07) is 3.62. The number of amides is 1. The van der Waals surface area contributed by atoms with Crippen LogP contribution < -0.4 is 5.32 Å². The summed E-state index contributed by atoms with van der Waals surface area (Å²) < 4.78 is 5.50. The average Bonchev–Trinajstić information content (AvgIpc) is 2.52. The maximum absolute atomic E-state index is 10.7. The average molecular weight is 265 g/mol. The lowest BCUT2D eigenvalue weighted by atomic mass is 10.4. The van der Waals surface area contributed by atoms with Gasteiger partial charge in [0.15, 0.2) is 0 Å². The second-order valence-electron chi connectivity index (χ2n) is 1.99. The Balaban J connectivity index is 2.29. The van der Waals surface area contributed by atoms with E-state index in [4.69, 9.17) is 4.42 Å². The Kier molecular flexibility index (Phi) is 3.41. The first-order valence-electron chi connectivity index (χ1n) is 3.18. The molecule has 0 fully saturated rings. The Morgan fingerprint density at radius 2 is 2.55 bits per heavy atom. The molecule has 3 nitrogen and oxygen atoms in total. The van der Waals surface area contributed by atoms with E-state index in [1.54, 1.807) is 12.3 Å². The fourth-order valence-electron chi connectivity index (χ4n) is 0.646. The van der Waals surface area contributed by atoms with Crippen LogP contribution in [0.1, 0.15) is 5.76 Å². The van der Waals surface area contributed by atoms with Gasteiger partial charge in [0.2, 0.25) is 5.91 Å². The molecule has 60 valence electrons. The van der Waals surface area contributed by atoms with Gasteiger partial charge in [0.25, 0.3) is 0 Å². The highest BCUT2D eigenvalue weighted by Crippen LogP contribution is 1.98. The number of hydrogen-bond acceptors (Lipinski definition) is 2. The number of carbonyl (C=O) groups excluding carboxylic acids is 1. The minimum Gasteiger partial charge on any atom is -0.467 e. The van der Waals surface area contributed by atoms with Crippen molar-refractivity contribution < 1.29 is 9.21 Å². The summed E-state index contributed by atoms with van der Waals surface area (Å²) in [6.07, 6.45) is 1.59. The maximum Gasteiger partial charge on any atom is 0.230 e. The highest BCUT2D eigenvalue weighted by Gasteiger charge is 1.98. The first kappa shape index (κ1) is 8.58. The molecule has 11 heavy (non-hydrogen) atoms. The summed E-state index contributed by atoms with van der Waals surface area (Å²) in [5.41, 5.74) is 0. The molecule has 0 saturated heterocycles. The maximum atomic E-state index is 10.7. The molecule has 0 radical (unpaired) electrons. The smallest absolute Gasteiger partial charge is 0.230 e. The summed E-state index contributed by atoms with van der Waals surface area (Å²) in [5, 5.41) is 2.69. The van der Waals surface area contributed by atoms with Gasteiger partial charge in [0.1, 0.15) is 5.76 Å². The van der Waals surface area contributed by atoms with Gasteiger partial charge in [0, 0.05) is 0 Å². The third kappa shape index (κ3) is 2.92. The highest BCUT2D eigenvalue weighted by molar-refractivity contribution is 14.1. The zero-order valence-electron chi connectivity index (χ0n) is 5.84. The first-order chi connectivity index (χ1) is 5.33. The molecule has 1 aromatic rings. The number of carbonyl (C=O) groups is 1. The minimum absolute atomic E-state index is 0.0296. The Morgan fingerprint density at radius 3 is 3.09 bits per heavy atom. The molecule has 1 amide bonds. The van der Waals surface area contributed by atoms with E-state index in [9.17, 15) is 4.79 Å². The molecule has 1 aromatic heterocycles. The second kappa shape index (κ2) is 4.38. The largest absolute Gasteiger partial charge is 0.467 e. The van der Waals surface area contributed by atoms with E-state index in [0.29, 0.717) is 11.0 Å². The Bertz CT molecular complexity index is 220. The van der Waals surface area contributed by atoms with Crippen LogP contribution in [0.15, 0.2) is 22.8 Å². The monoisotopic (exact) mass is 265 g/mol. The predicted molar refractivity (Wildman–Crippen MR) is 49.4 cm³/mol. The standard InChI is InChI=1S/C7H8INO2/c8-4-7(10)9-5-6-2-1-3-11-6/h1-3H,4-5H2,(H,9,10). The van der Waals surface area contributed by atoms with Gasteiger partial charge in [-0.15, -0.1) is 0 Å². The number of furan rings is 1. The first-order valence-corrected chi connectivity index (χ1v) is 4.70. The van der Waals surface area contributed by atoms with Gasteiger partial charge in [-0.2, -0.15) is 0 Å². The molecule has 1 rings (SSSR count). The van der Waals surface area contributed by atoms with Crippen LogP contribution in [-0.2, 0) is 11.3 Å². The number of nitrogens with one attached hydrogen (secondary N) is 1. The van der Waals surface area contributed by atoms with Crippen molar-refractivity contribution >= 4 is 28.5 Å². The lowest BCUT2D eigenvalue weighted by Crippen LogP contribution is -2.23. The third-order valence-corrected chi connectivity index (χ3v) is 1.85. The quantitative estimate of drug-likeness (QED) is 0.661. The van der Waals surface area contributed by atoms with E-state index in [1.165, 1.54) is 0 Å². The summed E-state index contributed by atoms with van der Waals surface area (Å²) >= 11 is 2.01. The van der Waals surface area contributed by atoms with Crippen molar-refractivity contribution in [1.82, 2.24) is 5.32 Å². The van der Waals surface area contributed by atoms with E-state index >= 15 is 0 Å². The van der Waals surface area contributed by atoms with Gasteiger partial charge in [-0.3, -0.25) is 4.79 Å². The topological polar surface area (TPSA) is 42.2 Å². The van der Waals surface area contributed by atoms with Crippen LogP contribution in [0.2, 0.25) is 0 Å². The molecule has 0 aliphatic carbocycles. The zero-order chi connectivity index (χ0) is 8.10. The highest BCUT2D eigenvalue weighted by atomic mass is 127. The summed E-state index contributed by atoms with van der Waals surface area (Å²) in [6.45, 7) is 0.481. The van der Waals surface area contributed by atoms with E-state index in [1.807, 2.05) is 28.7 Å². The lowest BCUT2D eigenvalue weighted by Gasteiger charge is -1.97. The predicted octanol–water partition coefficient (Wildman–Crippen LogP) is 1.33. The SMILES string of the molecule is O=C(CI)NCc1ccco1. The molecule has 0 unspecified atom stereocenters. The van der Waals surface area contributed by atoms with Crippen LogP contribution in [-0.4, -0.2) is 10.3 Å². The molecule has 0 spiro atoms. The van der Waals surface area contributed by atoms with Crippen LogP contribution in [0.4, 0.5) is 0 Å². The Labute approximate surface area is 78.3 Å². The second-order valence-corrected chi connectivity index (χ2v) is 2.75. The van der Waals surface area contributed by atoms with Crippen LogP contribution in [0.5, 0.6) is 0 Å².